The van der Waals surface area contributed by atoms with E-state index in [0.29, 0.717) is 12.8 Å². The molecule has 0 amide bonds. The number of fused-ring (bicyclic) bond motifs is 1. The lowest BCUT2D eigenvalue weighted by atomic mass is 9.65. The van der Waals surface area contributed by atoms with Crippen molar-refractivity contribution in [2.45, 2.75) is 18.3 Å². The van der Waals surface area contributed by atoms with E-state index in [-0.39, 0.29) is 5.78 Å². The van der Waals surface area contributed by atoms with E-state index in [1.165, 1.54) is 0 Å². The van der Waals surface area contributed by atoms with Crippen LogP contribution in [0, 0.1) is 11.3 Å². The molecule has 1 fully saturated rings. The molecule has 1 N–H and O–H groups in total. The number of para-hydroxylation sites is 1. The van der Waals surface area contributed by atoms with Gasteiger partial charge < -0.3 is 4.98 Å². The summed E-state index contributed by atoms with van der Waals surface area (Å²) in [7, 11) is 0. The molecule has 0 unspecified atom stereocenters. The molecule has 0 spiro atoms. The van der Waals surface area contributed by atoms with Crippen molar-refractivity contribution < 1.29 is 4.79 Å². The third kappa shape index (κ3) is 1.04. The quantitative estimate of drug-likeness (QED) is 0.785. The second kappa shape index (κ2) is 2.96. The van der Waals surface area contributed by atoms with Crippen molar-refractivity contribution in [3.63, 3.8) is 0 Å². The summed E-state index contributed by atoms with van der Waals surface area (Å²) in [5.74, 6) is 0.173. The summed E-state index contributed by atoms with van der Waals surface area (Å²) in [4.78, 5) is 14.3. The summed E-state index contributed by atoms with van der Waals surface area (Å²) in [6.07, 6.45) is 2.57. The highest BCUT2D eigenvalue weighted by molar-refractivity contribution is 5.94. The van der Waals surface area contributed by atoms with Gasteiger partial charge in [-0.05, 0) is 11.6 Å². The second-order valence-electron chi connectivity index (χ2n) is 4.33. The van der Waals surface area contributed by atoms with Crippen LogP contribution in [0.4, 0.5) is 0 Å². The Kier molecular flexibility index (Phi) is 1.69. The topological polar surface area (TPSA) is 56.6 Å². The van der Waals surface area contributed by atoms with Gasteiger partial charge in [0.2, 0.25) is 0 Å². The highest BCUT2D eigenvalue weighted by Crippen LogP contribution is 2.43. The number of aromatic amines is 1. The third-order valence-corrected chi connectivity index (χ3v) is 3.32. The lowest BCUT2D eigenvalue weighted by molar-refractivity contribution is -0.126. The summed E-state index contributed by atoms with van der Waals surface area (Å²) >= 11 is 0. The Hall–Kier alpha value is -2.08. The van der Waals surface area contributed by atoms with Crippen molar-refractivity contribution in [3.8, 4) is 6.07 Å². The molecule has 0 saturated heterocycles. The van der Waals surface area contributed by atoms with Gasteiger partial charge in [0.05, 0.1) is 11.5 Å². The zero-order valence-corrected chi connectivity index (χ0v) is 8.66. The molecule has 78 valence electrons. The number of H-pyrrole nitrogens is 1. The van der Waals surface area contributed by atoms with Crippen molar-refractivity contribution in [1.29, 1.82) is 5.26 Å². The highest BCUT2D eigenvalue weighted by Gasteiger charge is 2.46. The molecule has 0 aliphatic heterocycles. The molecular weight excluding hydrogens is 200 g/mol. The van der Waals surface area contributed by atoms with Gasteiger partial charge in [0.25, 0.3) is 0 Å². The van der Waals surface area contributed by atoms with E-state index in [2.05, 4.69) is 11.1 Å². The van der Waals surface area contributed by atoms with Crippen molar-refractivity contribution >= 4 is 16.7 Å². The van der Waals surface area contributed by atoms with Gasteiger partial charge in [-0.25, -0.2) is 0 Å². The zero-order chi connectivity index (χ0) is 11.2. The molecule has 1 aromatic heterocycles. The number of carbonyl (C=O) groups is 1. The van der Waals surface area contributed by atoms with E-state index in [4.69, 9.17) is 0 Å². The average molecular weight is 210 g/mol. The summed E-state index contributed by atoms with van der Waals surface area (Å²) < 4.78 is 0. The fourth-order valence-corrected chi connectivity index (χ4v) is 2.42. The molecule has 1 heterocycles. The average Bonchev–Trinajstić information content (AvgIpc) is 2.68. The Morgan fingerprint density at radius 2 is 2.06 bits per heavy atom. The standard InChI is InChI=1S/C13H10N2O/c14-8-13(5-9(16)6-13)11-7-15-12-4-2-1-3-10(11)12/h1-4,7,15H,5-6H2. The molecule has 3 heteroatoms. The first-order valence-electron chi connectivity index (χ1n) is 5.25. The first kappa shape index (κ1) is 9.17. The predicted molar refractivity (Wildman–Crippen MR) is 59.8 cm³/mol. The molecule has 3 nitrogen and oxygen atoms in total. The first-order valence-corrected chi connectivity index (χ1v) is 5.25. The maximum Gasteiger partial charge on any atom is 0.136 e. The molecule has 1 aliphatic rings. The van der Waals surface area contributed by atoms with E-state index < -0.39 is 5.41 Å². The van der Waals surface area contributed by atoms with Gasteiger partial charge >= 0.3 is 0 Å². The monoisotopic (exact) mass is 210 g/mol. The van der Waals surface area contributed by atoms with Crippen LogP contribution in [0.1, 0.15) is 18.4 Å². The number of nitriles is 1. The molecule has 1 aromatic carbocycles. The smallest absolute Gasteiger partial charge is 0.136 e. The summed E-state index contributed by atoms with van der Waals surface area (Å²) in [6.45, 7) is 0. The molecule has 2 aromatic rings. The van der Waals surface area contributed by atoms with E-state index >= 15 is 0 Å². The van der Waals surface area contributed by atoms with E-state index in [1.54, 1.807) is 0 Å². The number of hydrogen-bond acceptors (Lipinski definition) is 2. The number of benzene rings is 1. The van der Waals surface area contributed by atoms with Gasteiger partial charge in [-0.2, -0.15) is 5.26 Å². The number of nitrogens with one attached hydrogen (secondary N) is 1. The number of Topliss-reactive ketones (excluding diaryl/α,β-unsaturated/α-hetero) is 1. The number of carbonyl (C=O) groups excluding carboxylic acids is 1. The number of nitrogens with zero attached hydrogens (tertiary/aromatic N) is 1. The Labute approximate surface area is 92.7 Å². The number of ketones is 1. The largest absolute Gasteiger partial charge is 0.361 e. The van der Waals surface area contributed by atoms with Crippen molar-refractivity contribution in [3.05, 3.63) is 36.0 Å². The Morgan fingerprint density at radius 3 is 2.75 bits per heavy atom. The summed E-state index contributed by atoms with van der Waals surface area (Å²) in [5.41, 5.74) is 1.40. The minimum atomic E-state index is -0.587. The molecule has 1 aliphatic carbocycles. The van der Waals surface area contributed by atoms with Crippen LogP contribution in [0.25, 0.3) is 10.9 Å². The Morgan fingerprint density at radius 1 is 1.31 bits per heavy atom. The zero-order valence-electron chi connectivity index (χ0n) is 8.66. The number of aromatic nitrogens is 1. The molecule has 3 rings (SSSR count). The van der Waals surface area contributed by atoms with E-state index in [0.717, 1.165) is 16.5 Å². The van der Waals surface area contributed by atoms with Crippen LogP contribution in [0.2, 0.25) is 0 Å². The van der Waals surface area contributed by atoms with Crippen molar-refractivity contribution in [2.24, 2.45) is 0 Å². The minimum absolute atomic E-state index is 0.173. The summed E-state index contributed by atoms with van der Waals surface area (Å²) in [6, 6.07) is 10.2. The molecule has 1 saturated carbocycles. The minimum Gasteiger partial charge on any atom is -0.361 e. The lowest BCUT2D eigenvalue weighted by Gasteiger charge is -2.33. The van der Waals surface area contributed by atoms with Crippen LogP contribution in [-0.2, 0) is 10.2 Å². The van der Waals surface area contributed by atoms with E-state index in [1.807, 2.05) is 30.5 Å². The maximum absolute atomic E-state index is 11.1. The second-order valence-corrected chi connectivity index (χ2v) is 4.33. The first-order chi connectivity index (χ1) is 7.75. The van der Waals surface area contributed by atoms with Gasteiger partial charge in [0.1, 0.15) is 5.78 Å². The molecule has 0 bridgehead atoms. The molecule has 16 heavy (non-hydrogen) atoms. The highest BCUT2D eigenvalue weighted by atomic mass is 16.1. The van der Waals surface area contributed by atoms with Gasteiger partial charge in [0, 0.05) is 29.9 Å². The number of rotatable bonds is 1. The normalized spacial score (nSPS) is 18.1. The van der Waals surface area contributed by atoms with E-state index in [9.17, 15) is 10.1 Å². The number of hydrogen-bond donors (Lipinski definition) is 1. The van der Waals surface area contributed by atoms with Crippen LogP contribution in [0.5, 0.6) is 0 Å². The van der Waals surface area contributed by atoms with Gasteiger partial charge in [-0.1, -0.05) is 18.2 Å². The molecule has 0 atom stereocenters. The van der Waals surface area contributed by atoms with Crippen LogP contribution >= 0.6 is 0 Å². The predicted octanol–water partition coefficient (Wildman–Crippen LogP) is 2.29. The van der Waals surface area contributed by atoms with Gasteiger partial charge in [0.15, 0.2) is 0 Å². The summed E-state index contributed by atoms with van der Waals surface area (Å²) in [5, 5.41) is 10.3. The molecule has 0 radical (unpaired) electrons. The van der Waals surface area contributed by atoms with Crippen molar-refractivity contribution in [1.82, 2.24) is 4.98 Å². The van der Waals surface area contributed by atoms with Crippen LogP contribution in [-0.4, -0.2) is 10.8 Å². The van der Waals surface area contributed by atoms with Crippen LogP contribution < -0.4 is 0 Å². The third-order valence-electron chi connectivity index (χ3n) is 3.32. The van der Waals surface area contributed by atoms with Crippen molar-refractivity contribution in [2.75, 3.05) is 0 Å². The fraction of sp³-hybridized carbons (Fsp3) is 0.231. The molecular formula is C13H10N2O. The van der Waals surface area contributed by atoms with Crippen LogP contribution in [0.15, 0.2) is 30.5 Å². The Bertz CT molecular complexity index is 610. The van der Waals surface area contributed by atoms with Gasteiger partial charge in [-0.15, -0.1) is 0 Å². The SMILES string of the molecule is N#CC1(c2c[nH]c3ccccc23)CC(=O)C1. The van der Waals surface area contributed by atoms with Crippen LogP contribution in [0.3, 0.4) is 0 Å². The Balaban J connectivity index is 2.20. The maximum atomic E-state index is 11.1. The fourth-order valence-electron chi connectivity index (χ4n) is 2.42. The van der Waals surface area contributed by atoms with Gasteiger partial charge in [-0.3, -0.25) is 4.79 Å². The lowest BCUT2D eigenvalue weighted by Crippen LogP contribution is -2.40.